The maximum absolute atomic E-state index is 12.2. The lowest BCUT2D eigenvalue weighted by Crippen LogP contribution is -2.65. The second-order valence-electron chi connectivity index (χ2n) is 6.35. The molecule has 0 radical (unpaired) electrons. The van der Waals surface area contributed by atoms with Crippen LogP contribution in [0.25, 0.3) is 0 Å². The third-order valence-electron chi connectivity index (χ3n) is 4.52. The van der Waals surface area contributed by atoms with Crippen molar-refractivity contribution in [1.29, 1.82) is 0 Å². The molecule has 3 rings (SSSR count). The lowest BCUT2D eigenvalue weighted by molar-refractivity contribution is -0.129. The van der Waals surface area contributed by atoms with E-state index in [9.17, 15) is 9.59 Å². The van der Waals surface area contributed by atoms with E-state index < -0.39 is 6.04 Å². The van der Waals surface area contributed by atoms with Gasteiger partial charge in [0.15, 0.2) is 0 Å². The van der Waals surface area contributed by atoms with Gasteiger partial charge >= 0.3 is 0 Å². The van der Waals surface area contributed by atoms with Gasteiger partial charge in [0.05, 0.1) is 12.5 Å². The van der Waals surface area contributed by atoms with Gasteiger partial charge in [-0.3, -0.25) is 9.59 Å². The molecular formula is C17H23N3O2. The Morgan fingerprint density at radius 2 is 2.05 bits per heavy atom. The van der Waals surface area contributed by atoms with Gasteiger partial charge < -0.3 is 16.0 Å². The molecule has 1 heterocycles. The summed E-state index contributed by atoms with van der Waals surface area (Å²) in [5, 5.41) is 9.29. The first-order valence-corrected chi connectivity index (χ1v) is 8.05. The molecule has 2 aliphatic rings. The number of carbonyl (C=O) groups is 2. The Balaban J connectivity index is 1.57. The van der Waals surface area contributed by atoms with E-state index >= 15 is 0 Å². The highest BCUT2D eigenvalue weighted by molar-refractivity contribution is 5.95. The summed E-state index contributed by atoms with van der Waals surface area (Å²) in [5.74, 6) is -0.185. The standard InChI is InChI=1S/C17H23N3O2/c1-11-5-4-6-12(9-11)18-16(21)10-15-17(22)20-14-8-3-2-7-13(14)19-15/h4-6,9,13-15,19H,2-3,7-8,10H2,1H3,(H,18,21)(H,20,22)/t13-,14+,15+/m1/s1. The topological polar surface area (TPSA) is 70.2 Å². The fourth-order valence-electron chi connectivity index (χ4n) is 3.39. The highest BCUT2D eigenvalue weighted by atomic mass is 16.2. The molecule has 0 bridgehead atoms. The van der Waals surface area contributed by atoms with Crippen molar-refractivity contribution in [2.75, 3.05) is 5.32 Å². The van der Waals surface area contributed by atoms with Crippen molar-refractivity contribution in [2.24, 2.45) is 0 Å². The van der Waals surface area contributed by atoms with E-state index in [0.717, 1.165) is 24.1 Å². The minimum atomic E-state index is -0.427. The van der Waals surface area contributed by atoms with Crippen molar-refractivity contribution in [1.82, 2.24) is 10.6 Å². The van der Waals surface area contributed by atoms with Crippen LogP contribution in [-0.2, 0) is 9.59 Å². The second-order valence-corrected chi connectivity index (χ2v) is 6.35. The van der Waals surface area contributed by atoms with Crippen LogP contribution < -0.4 is 16.0 Å². The highest BCUT2D eigenvalue weighted by Crippen LogP contribution is 2.22. The average Bonchev–Trinajstić information content (AvgIpc) is 2.48. The normalized spacial score (nSPS) is 27.7. The van der Waals surface area contributed by atoms with Crippen molar-refractivity contribution in [3.8, 4) is 0 Å². The zero-order valence-electron chi connectivity index (χ0n) is 12.9. The number of benzene rings is 1. The van der Waals surface area contributed by atoms with Crippen LogP contribution in [0, 0.1) is 6.92 Å². The first-order valence-electron chi connectivity index (χ1n) is 8.05. The van der Waals surface area contributed by atoms with Crippen LogP contribution in [0.1, 0.15) is 37.7 Å². The zero-order valence-corrected chi connectivity index (χ0v) is 12.9. The molecule has 2 amide bonds. The highest BCUT2D eigenvalue weighted by Gasteiger charge is 2.36. The number of carbonyl (C=O) groups excluding carboxylic acids is 2. The number of amides is 2. The molecular weight excluding hydrogens is 278 g/mol. The summed E-state index contributed by atoms with van der Waals surface area (Å²) in [4.78, 5) is 24.3. The molecule has 3 atom stereocenters. The Labute approximate surface area is 130 Å². The Kier molecular flexibility index (Phi) is 4.43. The van der Waals surface area contributed by atoms with Crippen LogP contribution in [0.4, 0.5) is 5.69 Å². The molecule has 1 aliphatic heterocycles. The van der Waals surface area contributed by atoms with Gasteiger partial charge in [-0.1, -0.05) is 25.0 Å². The van der Waals surface area contributed by atoms with Gasteiger partial charge in [-0.25, -0.2) is 0 Å². The number of fused-ring (bicyclic) bond motifs is 1. The van der Waals surface area contributed by atoms with Gasteiger partial charge in [-0.05, 0) is 37.5 Å². The van der Waals surface area contributed by atoms with Crippen molar-refractivity contribution in [3.05, 3.63) is 29.8 Å². The van der Waals surface area contributed by atoms with Crippen molar-refractivity contribution < 1.29 is 9.59 Å². The predicted octanol–water partition coefficient (Wildman–Crippen LogP) is 1.72. The van der Waals surface area contributed by atoms with Crippen molar-refractivity contribution in [3.63, 3.8) is 0 Å². The van der Waals surface area contributed by atoms with Gasteiger partial charge in [0, 0.05) is 17.8 Å². The third kappa shape index (κ3) is 3.47. The predicted molar refractivity (Wildman–Crippen MR) is 85.5 cm³/mol. The van der Waals surface area contributed by atoms with Crippen LogP contribution in [0.5, 0.6) is 0 Å². The molecule has 1 aliphatic carbocycles. The smallest absolute Gasteiger partial charge is 0.237 e. The molecule has 0 spiro atoms. The molecule has 3 N–H and O–H groups in total. The number of hydrogen-bond donors (Lipinski definition) is 3. The molecule has 2 fully saturated rings. The summed E-state index contributed by atoms with van der Waals surface area (Å²) in [7, 11) is 0. The Hall–Kier alpha value is -1.88. The molecule has 0 unspecified atom stereocenters. The summed E-state index contributed by atoms with van der Waals surface area (Å²) >= 11 is 0. The van der Waals surface area contributed by atoms with E-state index in [1.165, 1.54) is 12.8 Å². The molecule has 5 heteroatoms. The fourth-order valence-corrected chi connectivity index (χ4v) is 3.39. The van der Waals surface area contributed by atoms with Gasteiger partial charge in [0.1, 0.15) is 0 Å². The second kappa shape index (κ2) is 6.48. The fraction of sp³-hybridized carbons (Fsp3) is 0.529. The molecule has 0 aromatic heterocycles. The van der Waals surface area contributed by atoms with Gasteiger partial charge in [0.2, 0.25) is 11.8 Å². The maximum atomic E-state index is 12.2. The zero-order chi connectivity index (χ0) is 15.5. The van der Waals surface area contributed by atoms with Gasteiger partial charge in [-0.2, -0.15) is 0 Å². The van der Waals surface area contributed by atoms with E-state index in [0.29, 0.717) is 6.04 Å². The maximum Gasteiger partial charge on any atom is 0.237 e. The number of rotatable bonds is 3. The molecule has 1 saturated heterocycles. The van der Waals surface area contributed by atoms with E-state index in [2.05, 4.69) is 16.0 Å². The van der Waals surface area contributed by atoms with Crippen LogP contribution in [0.15, 0.2) is 24.3 Å². The van der Waals surface area contributed by atoms with E-state index in [1.54, 1.807) is 0 Å². The van der Waals surface area contributed by atoms with Crippen LogP contribution in [0.3, 0.4) is 0 Å². The summed E-state index contributed by atoms with van der Waals surface area (Å²) in [6.07, 6.45) is 4.63. The third-order valence-corrected chi connectivity index (χ3v) is 4.52. The van der Waals surface area contributed by atoms with Crippen LogP contribution in [0.2, 0.25) is 0 Å². The first-order chi connectivity index (χ1) is 10.6. The van der Waals surface area contributed by atoms with E-state index in [4.69, 9.17) is 0 Å². The van der Waals surface area contributed by atoms with E-state index in [1.807, 2.05) is 31.2 Å². The monoisotopic (exact) mass is 301 g/mol. The molecule has 1 aromatic rings. The Morgan fingerprint density at radius 3 is 2.82 bits per heavy atom. The van der Waals surface area contributed by atoms with Crippen LogP contribution >= 0.6 is 0 Å². The summed E-state index contributed by atoms with van der Waals surface area (Å²) < 4.78 is 0. The summed E-state index contributed by atoms with van der Waals surface area (Å²) in [6, 6.07) is 7.78. The average molecular weight is 301 g/mol. The molecule has 1 aromatic carbocycles. The summed E-state index contributed by atoms with van der Waals surface area (Å²) in [6.45, 7) is 1.98. The number of hydrogen-bond acceptors (Lipinski definition) is 3. The summed E-state index contributed by atoms with van der Waals surface area (Å²) in [5.41, 5.74) is 1.87. The molecule has 5 nitrogen and oxygen atoms in total. The minimum absolute atomic E-state index is 0.0532. The van der Waals surface area contributed by atoms with Gasteiger partial charge in [-0.15, -0.1) is 0 Å². The van der Waals surface area contributed by atoms with Crippen molar-refractivity contribution >= 4 is 17.5 Å². The molecule has 1 saturated carbocycles. The lowest BCUT2D eigenvalue weighted by Gasteiger charge is -2.40. The SMILES string of the molecule is Cc1cccc(NC(=O)C[C@@H]2N[C@@H]3CCCC[C@@H]3NC2=O)c1. The quantitative estimate of drug-likeness (QED) is 0.796. The minimum Gasteiger partial charge on any atom is -0.350 e. The van der Waals surface area contributed by atoms with Crippen molar-refractivity contribution in [2.45, 2.75) is 57.2 Å². The molecule has 118 valence electrons. The number of anilines is 1. The number of nitrogens with one attached hydrogen (secondary N) is 3. The van der Waals surface area contributed by atoms with E-state index in [-0.39, 0.29) is 24.3 Å². The van der Waals surface area contributed by atoms with Gasteiger partial charge in [0.25, 0.3) is 0 Å². The van der Waals surface area contributed by atoms with Crippen LogP contribution in [-0.4, -0.2) is 29.9 Å². The first kappa shape index (κ1) is 15.0. The lowest BCUT2D eigenvalue weighted by atomic mass is 9.87. The molecule has 22 heavy (non-hydrogen) atoms. The Morgan fingerprint density at radius 1 is 1.27 bits per heavy atom. The number of piperazine rings is 1. The largest absolute Gasteiger partial charge is 0.350 e. The number of aryl methyl sites for hydroxylation is 1. The Bertz CT molecular complexity index is 573.